The molecule has 14 heavy (non-hydrogen) atoms. The summed E-state index contributed by atoms with van der Waals surface area (Å²) < 4.78 is 4.58. The first kappa shape index (κ1) is 9.49. The Morgan fingerprint density at radius 1 is 1.64 bits per heavy atom. The van der Waals surface area contributed by atoms with Crippen molar-refractivity contribution in [2.24, 2.45) is 5.92 Å². The van der Waals surface area contributed by atoms with Gasteiger partial charge >= 0.3 is 5.97 Å². The molecule has 1 saturated carbocycles. The highest BCUT2D eigenvalue weighted by molar-refractivity contribution is 5.86. The molecule has 0 bridgehead atoms. The normalized spacial score (nSPS) is 28.3. The maximum atomic E-state index is 11.7. The van der Waals surface area contributed by atoms with E-state index < -0.39 is 0 Å². The van der Waals surface area contributed by atoms with Crippen molar-refractivity contribution in [1.29, 1.82) is 0 Å². The predicted octanol–water partition coefficient (Wildman–Crippen LogP) is 0.560. The van der Waals surface area contributed by atoms with Crippen molar-refractivity contribution >= 4 is 11.9 Å². The number of nitrogens with zero attached hydrogens (tertiary/aromatic N) is 1. The highest BCUT2D eigenvalue weighted by Gasteiger charge is 2.57. The van der Waals surface area contributed by atoms with Gasteiger partial charge in [-0.2, -0.15) is 0 Å². The van der Waals surface area contributed by atoms with Crippen LogP contribution in [0.25, 0.3) is 0 Å². The molecular formula is C10H15NO3. The van der Waals surface area contributed by atoms with E-state index in [9.17, 15) is 9.59 Å². The van der Waals surface area contributed by atoms with Crippen molar-refractivity contribution in [1.82, 2.24) is 4.90 Å². The summed E-state index contributed by atoms with van der Waals surface area (Å²) in [6, 6.07) is 0. The minimum atomic E-state index is -0.321. The first-order chi connectivity index (χ1) is 6.59. The van der Waals surface area contributed by atoms with Crippen LogP contribution in [0.3, 0.4) is 0 Å². The van der Waals surface area contributed by atoms with Crippen LogP contribution in [0.4, 0.5) is 0 Å². The summed E-state index contributed by atoms with van der Waals surface area (Å²) >= 11 is 0. The molecule has 1 spiro atoms. The largest absolute Gasteiger partial charge is 0.468 e. The Balaban J connectivity index is 2.09. The topological polar surface area (TPSA) is 46.6 Å². The Kier molecular flexibility index (Phi) is 2.01. The molecule has 2 rings (SSSR count). The molecule has 0 aromatic carbocycles. The molecule has 0 aromatic heterocycles. The average Bonchev–Trinajstić information content (AvgIpc) is 2.89. The summed E-state index contributed by atoms with van der Waals surface area (Å²) in [7, 11) is 1.35. The third-order valence-corrected chi connectivity index (χ3v) is 3.29. The third-order valence-electron chi connectivity index (χ3n) is 3.29. The minimum Gasteiger partial charge on any atom is -0.468 e. The number of ether oxygens (including phenoxy) is 1. The molecule has 1 amide bonds. The molecule has 1 aliphatic carbocycles. The van der Waals surface area contributed by atoms with Gasteiger partial charge < -0.3 is 9.64 Å². The van der Waals surface area contributed by atoms with E-state index in [-0.39, 0.29) is 29.9 Å². The SMILES string of the molecule is COC(=O)CN1C(=O)C(C)CC12CC2. The maximum Gasteiger partial charge on any atom is 0.325 e. The standard InChI is InChI=1S/C10H15NO3/c1-7-5-10(3-4-10)11(9(7)13)6-8(12)14-2/h7H,3-6H2,1-2H3. The number of esters is 1. The van der Waals surface area contributed by atoms with Crippen molar-refractivity contribution in [2.45, 2.75) is 31.7 Å². The van der Waals surface area contributed by atoms with E-state index in [0.717, 1.165) is 19.3 Å². The van der Waals surface area contributed by atoms with Crippen LogP contribution >= 0.6 is 0 Å². The zero-order valence-electron chi connectivity index (χ0n) is 8.58. The second kappa shape index (κ2) is 2.97. The molecule has 78 valence electrons. The molecule has 1 aliphatic heterocycles. The molecule has 0 radical (unpaired) electrons. The number of methoxy groups -OCH3 is 1. The van der Waals surface area contributed by atoms with Gasteiger partial charge in [0.25, 0.3) is 0 Å². The third kappa shape index (κ3) is 1.29. The molecule has 1 heterocycles. The molecule has 1 atom stereocenters. The number of likely N-dealkylation sites (tertiary alicyclic amines) is 1. The van der Waals surface area contributed by atoms with Gasteiger partial charge in [-0.25, -0.2) is 0 Å². The van der Waals surface area contributed by atoms with E-state index >= 15 is 0 Å². The first-order valence-corrected chi connectivity index (χ1v) is 4.97. The Morgan fingerprint density at radius 2 is 2.29 bits per heavy atom. The molecule has 2 aliphatic rings. The molecule has 0 aromatic rings. The smallest absolute Gasteiger partial charge is 0.325 e. The number of carbonyl (C=O) groups excluding carboxylic acids is 2. The molecule has 1 unspecified atom stereocenters. The van der Waals surface area contributed by atoms with Crippen molar-refractivity contribution < 1.29 is 14.3 Å². The lowest BCUT2D eigenvalue weighted by molar-refractivity contribution is -0.147. The van der Waals surface area contributed by atoms with Gasteiger partial charge in [-0.3, -0.25) is 9.59 Å². The van der Waals surface area contributed by atoms with Crippen LogP contribution in [0.2, 0.25) is 0 Å². The second-order valence-electron chi connectivity index (χ2n) is 4.33. The lowest BCUT2D eigenvalue weighted by Gasteiger charge is -2.22. The van der Waals surface area contributed by atoms with E-state index in [2.05, 4.69) is 4.74 Å². The number of hydrogen-bond donors (Lipinski definition) is 0. The maximum absolute atomic E-state index is 11.7. The molecular weight excluding hydrogens is 182 g/mol. The molecule has 2 fully saturated rings. The van der Waals surface area contributed by atoms with Crippen LogP contribution in [0, 0.1) is 5.92 Å². The van der Waals surface area contributed by atoms with E-state index in [1.165, 1.54) is 7.11 Å². The van der Waals surface area contributed by atoms with Crippen LogP contribution in [0.15, 0.2) is 0 Å². The van der Waals surface area contributed by atoms with Gasteiger partial charge in [-0.05, 0) is 19.3 Å². The van der Waals surface area contributed by atoms with Crippen molar-refractivity contribution in [2.75, 3.05) is 13.7 Å². The van der Waals surface area contributed by atoms with Crippen molar-refractivity contribution in [3.8, 4) is 0 Å². The van der Waals surface area contributed by atoms with Crippen LogP contribution in [-0.4, -0.2) is 36.0 Å². The van der Waals surface area contributed by atoms with E-state index in [0.29, 0.717) is 0 Å². The highest BCUT2D eigenvalue weighted by Crippen LogP contribution is 2.51. The quantitative estimate of drug-likeness (QED) is 0.608. The summed E-state index contributed by atoms with van der Waals surface area (Å²) in [6.07, 6.45) is 2.99. The van der Waals surface area contributed by atoms with Crippen LogP contribution in [0.5, 0.6) is 0 Å². The summed E-state index contributed by atoms with van der Waals surface area (Å²) in [5.41, 5.74) is 0.0185. The van der Waals surface area contributed by atoms with Crippen LogP contribution in [-0.2, 0) is 14.3 Å². The lowest BCUT2D eigenvalue weighted by Crippen LogP contribution is -2.39. The zero-order chi connectivity index (χ0) is 10.3. The van der Waals surface area contributed by atoms with Gasteiger partial charge in [0, 0.05) is 11.5 Å². The van der Waals surface area contributed by atoms with Gasteiger partial charge in [0.15, 0.2) is 0 Å². The fraction of sp³-hybridized carbons (Fsp3) is 0.800. The van der Waals surface area contributed by atoms with Gasteiger partial charge in [-0.1, -0.05) is 6.92 Å². The summed E-state index contributed by atoms with van der Waals surface area (Å²) in [4.78, 5) is 24.6. The number of hydrogen-bond acceptors (Lipinski definition) is 3. The number of amides is 1. The molecule has 4 nitrogen and oxygen atoms in total. The van der Waals surface area contributed by atoms with E-state index in [1.807, 2.05) is 6.92 Å². The Morgan fingerprint density at radius 3 is 2.79 bits per heavy atom. The zero-order valence-corrected chi connectivity index (χ0v) is 8.58. The van der Waals surface area contributed by atoms with Crippen LogP contribution < -0.4 is 0 Å². The molecule has 0 N–H and O–H groups in total. The minimum absolute atomic E-state index is 0.0185. The lowest BCUT2D eigenvalue weighted by atomic mass is 10.1. The van der Waals surface area contributed by atoms with Gasteiger partial charge in [-0.15, -0.1) is 0 Å². The van der Waals surface area contributed by atoms with E-state index in [4.69, 9.17) is 0 Å². The summed E-state index contributed by atoms with van der Waals surface area (Å²) in [5.74, 6) is -0.145. The Hall–Kier alpha value is -1.06. The summed E-state index contributed by atoms with van der Waals surface area (Å²) in [5, 5.41) is 0. The highest BCUT2D eigenvalue weighted by atomic mass is 16.5. The fourth-order valence-electron chi connectivity index (χ4n) is 2.32. The Labute approximate surface area is 83.2 Å². The van der Waals surface area contributed by atoms with Gasteiger partial charge in [0.1, 0.15) is 6.54 Å². The van der Waals surface area contributed by atoms with Crippen molar-refractivity contribution in [3.63, 3.8) is 0 Å². The monoisotopic (exact) mass is 197 g/mol. The number of rotatable bonds is 2. The molecule has 1 saturated heterocycles. The van der Waals surface area contributed by atoms with E-state index in [1.54, 1.807) is 4.90 Å². The van der Waals surface area contributed by atoms with Crippen molar-refractivity contribution in [3.05, 3.63) is 0 Å². The predicted molar refractivity (Wildman–Crippen MR) is 49.5 cm³/mol. The Bertz CT molecular complexity index is 283. The van der Waals surface area contributed by atoms with Gasteiger partial charge in [0.05, 0.1) is 7.11 Å². The fourth-order valence-corrected chi connectivity index (χ4v) is 2.32. The van der Waals surface area contributed by atoms with Crippen LogP contribution in [0.1, 0.15) is 26.2 Å². The summed E-state index contributed by atoms with van der Waals surface area (Å²) in [6.45, 7) is 2.05. The average molecular weight is 197 g/mol. The number of carbonyl (C=O) groups is 2. The van der Waals surface area contributed by atoms with Gasteiger partial charge in [0.2, 0.25) is 5.91 Å². The molecule has 4 heteroatoms. The second-order valence-corrected chi connectivity index (χ2v) is 4.33. The first-order valence-electron chi connectivity index (χ1n) is 4.97.